The van der Waals surface area contributed by atoms with Gasteiger partial charge in [0.25, 0.3) is 0 Å². The van der Waals surface area contributed by atoms with Crippen molar-refractivity contribution in [1.29, 1.82) is 0 Å². The van der Waals surface area contributed by atoms with Crippen LogP contribution in [0.3, 0.4) is 0 Å². The quantitative estimate of drug-likeness (QED) is 0.721. The third-order valence-corrected chi connectivity index (χ3v) is 3.14. The summed E-state index contributed by atoms with van der Waals surface area (Å²) < 4.78 is 0. The standard InChI is InChI=1S/C11H18N2O2S/c1-8(2)5-3-4-6-12-11-13-7-9(16-11)10(14)15/h7-8H,3-6H2,1-2H3,(H,12,13)(H,14,15). The average Bonchev–Trinajstić information content (AvgIpc) is 2.65. The molecule has 0 aromatic carbocycles. The molecule has 1 rings (SSSR count). The molecule has 0 aliphatic carbocycles. The first kappa shape index (κ1) is 13.0. The molecule has 5 heteroatoms. The van der Waals surface area contributed by atoms with Crippen LogP contribution in [0.5, 0.6) is 0 Å². The SMILES string of the molecule is CC(C)CCCCNc1ncc(C(=O)O)s1. The summed E-state index contributed by atoms with van der Waals surface area (Å²) in [5, 5.41) is 12.5. The number of nitrogens with zero attached hydrogens (tertiary/aromatic N) is 1. The fraction of sp³-hybridized carbons (Fsp3) is 0.636. The van der Waals surface area contributed by atoms with E-state index in [9.17, 15) is 4.79 Å². The van der Waals surface area contributed by atoms with Crippen molar-refractivity contribution in [3.63, 3.8) is 0 Å². The Balaban J connectivity index is 2.19. The second-order valence-corrected chi connectivity index (χ2v) is 5.18. The van der Waals surface area contributed by atoms with Gasteiger partial charge in [0.15, 0.2) is 5.13 Å². The van der Waals surface area contributed by atoms with Crippen molar-refractivity contribution in [1.82, 2.24) is 4.98 Å². The van der Waals surface area contributed by atoms with Gasteiger partial charge in [0.05, 0.1) is 6.20 Å². The number of carboxylic acid groups (broad SMARTS) is 1. The molecule has 4 nitrogen and oxygen atoms in total. The summed E-state index contributed by atoms with van der Waals surface area (Å²) >= 11 is 1.18. The average molecular weight is 242 g/mol. The topological polar surface area (TPSA) is 62.2 Å². The van der Waals surface area contributed by atoms with Gasteiger partial charge in [-0.15, -0.1) is 0 Å². The first-order valence-electron chi connectivity index (χ1n) is 5.52. The Bertz CT molecular complexity index is 336. The lowest BCUT2D eigenvalue weighted by molar-refractivity contribution is 0.0702. The minimum absolute atomic E-state index is 0.282. The third-order valence-electron chi connectivity index (χ3n) is 2.20. The molecule has 0 aliphatic heterocycles. The van der Waals surface area contributed by atoms with E-state index < -0.39 is 5.97 Å². The van der Waals surface area contributed by atoms with E-state index in [2.05, 4.69) is 24.1 Å². The van der Waals surface area contributed by atoms with Crippen LogP contribution >= 0.6 is 11.3 Å². The molecule has 0 saturated carbocycles. The number of carboxylic acids is 1. The highest BCUT2D eigenvalue weighted by molar-refractivity contribution is 7.17. The molecule has 1 aromatic heterocycles. The van der Waals surface area contributed by atoms with Crippen LogP contribution in [-0.4, -0.2) is 22.6 Å². The van der Waals surface area contributed by atoms with Gasteiger partial charge in [0.1, 0.15) is 4.88 Å². The van der Waals surface area contributed by atoms with E-state index in [1.54, 1.807) is 0 Å². The number of rotatable bonds is 7. The van der Waals surface area contributed by atoms with Crippen molar-refractivity contribution in [2.75, 3.05) is 11.9 Å². The van der Waals surface area contributed by atoms with E-state index in [1.165, 1.54) is 30.4 Å². The van der Waals surface area contributed by atoms with Gasteiger partial charge in [-0.3, -0.25) is 0 Å². The van der Waals surface area contributed by atoms with Crippen LogP contribution in [0.15, 0.2) is 6.20 Å². The number of carbonyl (C=O) groups is 1. The predicted molar refractivity (Wildman–Crippen MR) is 66.3 cm³/mol. The summed E-state index contributed by atoms with van der Waals surface area (Å²) in [5.41, 5.74) is 0. The van der Waals surface area contributed by atoms with Gasteiger partial charge >= 0.3 is 5.97 Å². The first-order chi connectivity index (χ1) is 7.59. The highest BCUT2D eigenvalue weighted by Gasteiger charge is 2.07. The van der Waals surface area contributed by atoms with Crippen LogP contribution in [0.25, 0.3) is 0 Å². The van der Waals surface area contributed by atoms with Gasteiger partial charge in [-0.2, -0.15) is 0 Å². The van der Waals surface area contributed by atoms with Crippen LogP contribution in [0.1, 0.15) is 42.8 Å². The van der Waals surface area contributed by atoms with Crippen molar-refractivity contribution in [2.45, 2.75) is 33.1 Å². The Kier molecular flexibility index (Phi) is 5.25. The van der Waals surface area contributed by atoms with Gasteiger partial charge in [0, 0.05) is 6.54 Å². The number of aromatic nitrogens is 1. The van der Waals surface area contributed by atoms with E-state index >= 15 is 0 Å². The first-order valence-corrected chi connectivity index (χ1v) is 6.34. The summed E-state index contributed by atoms with van der Waals surface area (Å²) in [6, 6.07) is 0. The van der Waals surface area contributed by atoms with Gasteiger partial charge in [-0.25, -0.2) is 9.78 Å². The van der Waals surface area contributed by atoms with E-state index in [0.29, 0.717) is 5.13 Å². The minimum Gasteiger partial charge on any atom is -0.477 e. The second-order valence-electron chi connectivity index (χ2n) is 4.15. The number of nitrogens with one attached hydrogen (secondary N) is 1. The predicted octanol–water partition coefficient (Wildman–Crippen LogP) is 3.08. The molecule has 0 bridgehead atoms. The molecule has 1 heterocycles. The van der Waals surface area contributed by atoms with Gasteiger partial charge in [0.2, 0.25) is 0 Å². The van der Waals surface area contributed by atoms with Crippen molar-refractivity contribution >= 4 is 22.4 Å². The zero-order valence-corrected chi connectivity index (χ0v) is 10.5. The molecular weight excluding hydrogens is 224 g/mol. The minimum atomic E-state index is -0.912. The van der Waals surface area contributed by atoms with Crippen LogP contribution in [0.2, 0.25) is 0 Å². The maximum Gasteiger partial charge on any atom is 0.347 e. The fourth-order valence-electron chi connectivity index (χ4n) is 1.33. The number of thiazole rings is 1. The summed E-state index contributed by atoms with van der Waals surface area (Å²) in [7, 11) is 0. The van der Waals surface area contributed by atoms with Crippen molar-refractivity contribution < 1.29 is 9.90 Å². The molecule has 0 unspecified atom stereocenters. The summed E-state index contributed by atoms with van der Waals surface area (Å²) in [6.45, 7) is 5.29. The third kappa shape index (κ3) is 4.61. The maximum atomic E-state index is 10.6. The second kappa shape index (κ2) is 6.48. The molecule has 0 aliphatic rings. The van der Waals surface area contributed by atoms with E-state index in [-0.39, 0.29) is 4.88 Å². The highest BCUT2D eigenvalue weighted by atomic mass is 32.1. The molecule has 0 spiro atoms. The Hall–Kier alpha value is -1.10. The van der Waals surface area contributed by atoms with Crippen molar-refractivity contribution in [3.8, 4) is 0 Å². The molecule has 0 amide bonds. The number of hydrogen-bond acceptors (Lipinski definition) is 4. The Morgan fingerprint density at radius 3 is 2.88 bits per heavy atom. The fourth-order valence-corrected chi connectivity index (χ4v) is 2.01. The highest BCUT2D eigenvalue weighted by Crippen LogP contribution is 2.17. The largest absolute Gasteiger partial charge is 0.477 e. The molecule has 2 N–H and O–H groups in total. The lowest BCUT2D eigenvalue weighted by Gasteiger charge is -2.04. The maximum absolute atomic E-state index is 10.6. The molecule has 0 saturated heterocycles. The Morgan fingerprint density at radius 2 is 2.31 bits per heavy atom. The van der Waals surface area contributed by atoms with Gasteiger partial charge in [-0.05, 0) is 12.3 Å². The van der Waals surface area contributed by atoms with Gasteiger partial charge in [-0.1, -0.05) is 38.0 Å². The lowest BCUT2D eigenvalue weighted by atomic mass is 10.1. The summed E-state index contributed by atoms with van der Waals surface area (Å²) in [5.74, 6) is -0.163. The zero-order valence-electron chi connectivity index (χ0n) is 9.69. The monoisotopic (exact) mass is 242 g/mol. The number of anilines is 1. The van der Waals surface area contributed by atoms with Crippen molar-refractivity contribution in [3.05, 3.63) is 11.1 Å². The van der Waals surface area contributed by atoms with E-state index in [1.807, 2.05) is 0 Å². The number of aromatic carboxylic acids is 1. The molecule has 0 radical (unpaired) electrons. The van der Waals surface area contributed by atoms with Crippen molar-refractivity contribution in [2.24, 2.45) is 5.92 Å². The summed E-state index contributed by atoms with van der Waals surface area (Å²) in [6.07, 6.45) is 4.92. The van der Waals surface area contributed by atoms with Gasteiger partial charge < -0.3 is 10.4 Å². The molecular formula is C11H18N2O2S. The lowest BCUT2D eigenvalue weighted by Crippen LogP contribution is -2.01. The van der Waals surface area contributed by atoms with Crippen LogP contribution in [0, 0.1) is 5.92 Å². The van der Waals surface area contributed by atoms with Crippen LogP contribution < -0.4 is 5.32 Å². The molecule has 0 atom stereocenters. The van der Waals surface area contributed by atoms with Crippen LogP contribution in [0.4, 0.5) is 5.13 Å². The van der Waals surface area contributed by atoms with Crippen LogP contribution in [-0.2, 0) is 0 Å². The molecule has 0 fully saturated rings. The summed E-state index contributed by atoms with van der Waals surface area (Å²) in [4.78, 5) is 14.9. The Morgan fingerprint density at radius 1 is 1.56 bits per heavy atom. The molecule has 16 heavy (non-hydrogen) atoms. The van der Waals surface area contributed by atoms with E-state index in [4.69, 9.17) is 5.11 Å². The Labute approximate surface area is 99.7 Å². The normalized spacial score (nSPS) is 10.7. The smallest absolute Gasteiger partial charge is 0.347 e. The number of hydrogen-bond donors (Lipinski definition) is 2. The van der Waals surface area contributed by atoms with E-state index in [0.717, 1.165) is 18.9 Å². The molecule has 90 valence electrons. The molecule has 1 aromatic rings. The number of unbranched alkanes of at least 4 members (excludes halogenated alkanes) is 1. The zero-order chi connectivity index (χ0) is 12.0.